The number of anilines is 1. The molecule has 0 fully saturated rings. The summed E-state index contributed by atoms with van der Waals surface area (Å²) >= 11 is 0. The van der Waals surface area contributed by atoms with E-state index in [9.17, 15) is 9.90 Å². The molecule has 1 aliphatic rings. The first kappa shape index (κ1) is 18.1. The molecule has 0 saturated heterocycles. The Morgan fingerprint density at radius 2 is 2.04 bits per heavy atom. The Labute approximate surface area is 154 Å². The Balaban J connectivity index is 2.11. The largest absolute Gasteiger partial charge is 0.508 e. The molecule has 3 rings (SSSR count). The van der Waals surface area contributed by atoms with Crippen molar-refractivity contribution < 1.29 is 9.90 Å². The first-order chi connectivity index (χ1) is 12.5. The number of primary amides is 1. The standard InChI is InChI=1S/C22H26N2O2/c1-3-8-17-18-13-22(4-2,14-21(23)26)24(19(18)11-12-20(17)25)15-16-9-6-5-7-10-16/h3,5-7,9-12,25H,1,4,8,13-15H2,2H3,(H2,23,26). The molecular formula is C22H26N2O2. The van der Waals surface area contributed by atoms with Crippen LogP contribution >= 0.6 is 0 Å². The lowest BCUT2D eigenvalue weighted by Crippen LogP contribution is -2.48. The summed E-state index contributed by atoms with van der Waals surface area (Å²) in [5.74, 6) is -0.0125. The molecule has 1 aliphatic heterocycles. The van der Waals surface area contributed by atoms with E-state index < -0.39 is 0 Å². The number of hydrogen-bond donors (Lipinski definition) is 2. The zero-order chi connectivity index (χ0) is 18.7. The third-order valence-corrected chi connectivity index (χ3v) is 5.44. The number of rotatable bonds is 7. The zero-order valence-corrected chi connectivity index (χ0v) is 15.2. The highest BCUT2D eigenvalue weighted by molar-refractivity contribution is 5.78. The number of carbonyl (C=O) groups excluding carboxylic acids is 1. The maximum atomic E-state index is 11.9. The Kier molecular flexibility index (Phi) is 5.03. The Morgan fingerprint density at radius 3 is 2.65 bits per heavy atom. The molecule has 0 radical (unpaired) electrons. The molecular weight excluding hydrogens is 324 g/mol. The maximum Gasteiger partial charge on any atom is 0.219 e. The fourth-order valence-electron chi connectivity index (χ4n) is 4.11. The monoisotopic (exact) mass is 350 g/mol. The van der Waals surface area contributed by atoms with Crippen LogP contribution in [0.15, 0.2) is 55.1 Å². The van der Waals surface area contributed by atoms with Crippen LogP contribution in [-0.2, 0) is 24.2 Å². The number of carbonyl (C=O) groups is 1. The van der Waals surface area contributed by atoms with Gasteiger partial charge in [0.25, 0.3) is 0 Å². The number of nitrogens with two attached hydrogens (primary N) is 1. The van der Waals surface area contributed by atoms with Crippen molar-refractivity contribution in [3.63, 3.8) is 0 Å². The van der Waals surface area contributed by atoms with Gasteiger partial charge in [-0.1, -0.05) is 43.3 Å². The van der Waals surface area contributed by atoms with Gasteiger partial charge in [0.15, 0.2) is 0 Å². The van der Waals surface area contributed by atoms with Crippen molar-refractivity contribution in [3.05, 3.63) is 71.8 Å². The van der Waals surface area contributed by atoms with Crippen LogP contribution in [0, 0.1) is 0 Å². The average molecular weight is 350 g/mol. The van der Waals surface area contributed by atoms with E-state index in [1.165, 1.54) is 5.56 Å². The number of nitrogens with zero attached hydrogens (tertiary/aromatic N) is 1. The van der Waals surface area contributed by atoms with Crippen LogP contribution in [0.25, 0.3) is 0 Å². The molecule has 1 amide bonds. The van der Waals surface area contributed by atoms with Gasteiger partial charge >= 0.3 is 0 Å². The first-order valence-electron chi connectivity index (χ1n) is 9.05. The van der Waals surface area contributed by atoms with E-state index in [0.717, 1.165) is 23.2 Å². The lowest BCUT2D eigenvalue weighted by Gasteiger charge is -2.39. The molecule has 4 nitrogen and oxygen atoms in total. The molecule has 1 heterocycles. The van der Waals surface area contributed by atoms with Crippen molar-refractivity contribution in [2.75, 3.05) is 4.90 Å². The normalized spacial score (nSPS) is 18.6. The van der Waals surface area contributed by atoms with Gasteiger partial charge in [0.1, 0.15) is 5.75 Å². The minimum absolute atomic E-state index is 0.286. The fraction of sp³-hybridized carbons (Fsp3) is 0.318. The third kappa shape index (κ3) is 3.19. The number of benzene rings is 2. The summed E-state index contributed by atoms with van der Waals surface area (Å²) in [6, 6.07) is 13.9. The van der Waals surface area contributed by atoms with Crippen molar-refractivity contribution in [3.8, 4) is 5.75 Å². The number of amides is 1. The quantitative estimate of drug-likeness (QED) is 0.748. The van der Waals surface area contributed by atoms with Crippen molar-refractivity contribution in [2.24, 2.45) is 5.73 Å². The summed E-state index contributed by atoms with van der Waals surface area (Å²) in [4.78, 5) is 14.2. The Morgan fingerprint density at radius 1 is 1.31 bits per heavy atom. The van der Waals surface area contributed by atoms with Gasteiger partial charge in [-0.05, 0) is 42.5 Å². The molecule has 1 unspecified atom stereocenters. The molecule has 0 saturated carbocycles. The lowest BCUT2D eigenvalue weighted by atomic mass is 9.85. The smallest absolute Gasteiger partial charge is 0.219 e. The molecule has 2 aromatic carbocycles. The SMILES string of the molecule is C=CCc1c(O)ccc2c1CC(CC)(CC(N)=O)N2Cc1ccccc1. The van der Waals surface area contributed by atoms with Gasteiger partial charge < -0.3 is 15.7 Å². The highest BCUT2D eigenvalue weighted by Crippen LogP contribution is 2.47. The molecule has 1 atom stereocenters. The van der Waals surface area contributed by atoms with Crippen molar-refractivity contribution in [1.82, 2.24) is 0 Å². The Hall–Kier alpha value is -2.75. The second-order valence-electron chi connectivity index (χ2n) is 7.02. The minimum Gasteiger partial charge on any atom is -0.508 e. The van der Waals surface area contributed by atoms with E-state index in [1.54, 1.807) is 12.1 Å². The van der Waals surface area contributed by atoms with Gasteiger partial charge in [0.05, 0.1) is 5.54 Å². The fourth-order valence-corrected chi connectivity index (χ4v) is 4.11. The summed E-state index contributed by atoms with van der Waals surface area (Å²) in [5.41, 5.74) is 9.51. The predicted molar refractivity (Wildman–Crippen MR) is 105 cm³/mol. The number of fused-ring (bicyclic) bond motifs is 1. The lowest BCUT2D eigenvalue weighted by molar-refractivity contribution is -0.119. The Bertz CT molecular complexity index is 816. The number of phenolic OH excluding ortho intramolecular Hbond substituents is 1. The number of allylic oxidation sites excluding steroid dienone is 1. The van der Waals surface area contributed by atoms with Crippen molar-refractivity contribution in [1.29, 1.82) is 0 Å². The summed E-state index contributed by atoms with van der Waals surface area (Å²) in [6.07, 6.45) is 4.19. The molecule has 26 heavy (non-hydrogen) atoms. The van der Waals surface area contributed by atoms with Crippen LogP contribution in [0.5, 0.6) is 5.75 Å². The number of aromatic hydroxyl groups is 1. The van der Waals surface area contributed by atoms with Gasteiger partial charge in [0.2, 0.25) is 5.91 Å². The summed E-state index contributed by atoms with van der Waals surface area (Å²) in [5, 5.41) is 10.3. The predicted octanol–water partition coefficient (Wildman–Crippen LogP) is 3.71. The van der Waals surface area contributed by atoms with E-state index in [0.29, 0.717) is 25.8 Å². The van der Waals surface area contributed by atoms with E-state index >= 15 is 0 Å². The highest BCUT2D eigenvalue weighted by atomic mass is 16.3. The molecule has 4 heteroatoms. The van der Waals surface area contributed by atoms with Crippen LogP contribution in [0.1, 0.15) is 36.5 Å². The van der Waals surface area contributed by atoms with Crippen LogP contribution in [-0.4, -0.2) is 16.6 Å². The number of hydrogen-bond acceptors (Lipinski definition) is 3. The van der Waals surface area contributed by atoms with E-state index in [4.69, 9.17) is 5.73 Å². The molecule has 0 bridgehead atoms. The van der Waals surface area contributed by atoms with Gasteiger partial charge in [-0.3, -0.25) is 4.79 Å². The summed E-state index contributed by atoms with van der Waals surface area (Å²) in [7, 11) is 0. The van der Waals surface area contributed by atoms with Crippen LogP contribution in [0.4, 0.5) is 5.69 Å². The third-order valence-electron chi connectivity index (χ3n) is 5.44. The number of phenols is 1. The van der Waals surface area contributed by atoms with Gasteiger partial charge in [-0.2, -0.15) is 0 Å². The van der Waals surface area contributed by atoms with Gasteiger partial charge in [0, 0.05) is 24.2 Å². The highest BCUT2D eigenvalue weighted by Gasteiger charge is 2.44. The second kappa shape index (κ2) is 7.24. The van der Waals surface area contributed by atoms with Crippen LogP contribution in [0.2, 0.25) is 0 Å². The summed E-state index contributed by atoms with van der Waals surface area (Å²) < 4.78 is 0. The van der Waals surface area contributed by atoms with Crippen LogP contribution < -0.4 is 10.6 Å². The van der Waals surface area contributed by atoms with Gasteiger partial charge in [-0.25, -0.2) is 0 Å². The zero-order valence-electron chi connectivity index (χ0n) is 15.2. The molecule has 0 spiro atoms. The second-order valence-corrected chi connectivity index (χ2v) is 7.02. The maximum absolute atomic E-state index is 11.9. The van der Waals surface area contributed by atoms with Crippen molar-refractivity contribution in [2.45, 2.75) is 44.7 Å². The molecule has 0 aromatic heterocycles. The van der Waals surface area contributed by atoms with E-state index in [-0.39, 0.29) is 17.2 Å². The van der Waals surface area contributed by atoms with Crippen molar-refractivity contribution >= 4 is 11.6 Å². The van der Waals surface area contributed by atoms with Gasteiger partial charge in [-0.15, -0.1) is 6.58 Å². The van der Waals surface area contributed by atoms with Crippen LogP contribution in [0.3, 0.4) is 0 Å². The molecule has 0 aliphatic carbocycles. The summed E-state index contributed by atoms with van der Waals surface area (Å²) in [6.45, 7) is 6.61. The van der Waals surface area contributed by atoms with E-state index in [1.807, 2.05) is 24.3 Å². The van der Waals surface area contributed by atoms with E-state index in [2.05, 4.69) is 30.5 Å². The molecule has 2 aromatic rings. The average Bonchev–Trinajstić information content (AvgIpc) is 2.92. The first-order valence-corrected chi connectivity index (χ1v) is 9.05. The minimum atomic E-state index is -0.367. The molecule has 136 valence electrons. The topological polar surface area (TPSA) is 66.6 Å². The molecule has 3 N–H and O–H groups in total.